The van der Waals surface area contributed by atoms with Crippen LogP contribution in [0.1, 0.15) is 12.5 Å². The molecule has 1 N–H and O–H groups in total. The summed E-state index contributed by atoms with van der Waals surface area (Å²) >= 11 is 6.24. The molecular weight excluding hydrogens is 284 g/mol. The number of hydrogen-bond donors (Lipinski definition) is 1. The second-order valence-electron chi connectivity index (χ2n) is 5.31. The van der Waals surface area contributed by atoms with Crippen molar-refractivity contribution < 1.29 is 4.79 Å². The molecule has 0 unspecified atom stereocenters. The summed E-state index contributed by atoms with van der Waals surface area (Å²) in [6.07, 6.45) is 0. The average Bonchev–Trinajstić information content (AvgIpc) is 2.62. The third-order valence-electron chi connectivity index (χ3n) is 3.77. The first kappa shape index (κ1) is 14.0. The van der Waals surface area contributed by atoms with Crippen LogP contribution in [0.4, 0.5) is 11.4 Å². The summed E-state index contributed by atoms with van der Waals surface area (Å²) in [5.74, 6) is 0.0484. The molecule has 2 aromatic rings. The summed E-state index contributed by atoms with van der Waals surface area (Å²) in [4.78, 5) is 14.5. The number of nitrogens with one attached hydrogen (secondary N) is 1. The van der Waals surface area contributed by atoms with Gasteiger partial charge >= 0.3 is 0 Å². The molecule has 0 spiro atoms. The largest absolute Gasteiger partial charge is 0.383 e. The molecule has 0 bridgehead atoms. The molecule has 1 amide bonds. The Morgan fingerprint density at radius 1 is 1.19 bits per heavy atom. The van der Waals surface area contributed by atoms with Crippen LogP contribution in [0.3, 0.4) is 0 Å². The van der Waals surface area contributed by atoms with Crippen molar-refractivity contribution in [3.8, 4) is 0 Å². The normalized spacial score (nSPS) is 17.9. The summed E-state index contributed by atoms with van der Waals surface area (Å²) in [5.41, 5.74) is 2.85. The Balaban J connectivity index is 2.01. The molecule has 0 saturated heterocycles. The van der Waals surface area contributed by atoms with Gasteiger partial charge in [-0.1, -0.05) is 48.9 Å². The van der Waals surface area contributed by atoms with Crippen molar-refractivity contribution in [3.63, 3.8) is 0 Å². The van der Waals surface area contributed by atoms with Crippen molar-refractivity contribution in [2.45, 2.75) is 13.5 Å². The zero-order valence-corrected chi connectivity index (χ0v) is 12.6. The molecule has 1 aliphatic rings. The van der Waals surface area contributed by atoms with Crippen LogP contribution in [0, 0.1) is 5.92 Å². The lowest BCUT2D eigenvalue weighted by Gasteiger charge is -2.24. The summed E-state index contributed by atoms with van der Waals surface area (Å²) in [6.45, 7) is 3.08. The highest BCUT2D eigenvalue weighted by molar-refractivity contribution is 6.31. The molecule has 2 aromatic carbocycles. The van der Waals surface area contributed by atoms with Gasteiger partial charge in [-0.2, -0.15) is 0 Å². The van der Waals surface area contributed by atoms with Crippen LogP contribution in [-0.4, -0.2) is 12.5 Å². The number of nitrogens with zero attached hydrogens (tertiary/aromatic N) is 1. The van der Waals surface area contributed by atoms with Crippen molar-refractivity contribution in [1.29, 1.82) is 0 Å². The van der Waals surface area contributed by atoms with Gasteiger partial charge in [0.25, 0.3) is 0 Å². The second kappa shape index (κ2) is 5.78. The maximum absolute atomic E-state index is 12.7. The third-order valence-corrected chi connectivity index (χ3v) is 4.14. The Morgan fingerprint density at radius 2 is 1.90 bits per heavy atom. The fourth-order valence-corrected chi connectivity index (χ4v) is 2.75. The van der Waals surface area contributed by atoms with Gasteiger partial charge in [0.1, 0.15) is 0 Å². The zero-order valence-electron chi connectivity index (χ0n) is 11.8. The van der Waals surface area contributed by atoms with E-state index in [1.54, 1.807) is 0 Å². The number of benzene rings is 2. The molecule has 3 nitrogen and oxygen atoms in total. The first-order valence-corrected chi connectivity index (χ1v) is 7.42. The molecular formula is C17H17ClN2O. The van der Waals surface area contributed by atoms with Crippen molar-refractivity contribution in [2.75, 3.05) is 16.8 Å². The van der Waals surface area contributed by atoms with Crippen LogP contribution < -0.4 is 10.2 Å². The number of carbonyl (C=O) groups excluding carboxylic acids is 1. The molecule has 0 fully saturated rings. The molecule has 0 radical (unpaired) electrons. The lowest BCUT2D eigenvalue weighted by atomic mass is 10.1. The molecule has 1 aliphatic heterocycles. The maximum atomic E-state index is 12.7. The van der Waals surface area contributed by atoms with Crippen LogP contribution in [0.25, 0.3) is 0 Å². The van der Waals surface area contributed by atoms with E-state index in [4.69, 9.17) is 11.6 Å². The van der Waals surface area contributed by atoms with Gasteiger partial charge in [-0.15, -0.1) is 0 Å². The van der Waals surface area contributed by atoms with Crippen molar-refractivity contribution >= 4 is 28.9 Å². The number of hydrogen-bond acceptors (Lipinski definition) is 2. The third kappa shape index (κ3) is 2.74. The van der Waals surface area contributed by atoms with Crippen LogP contribution in [0.2, 0.25) is 5.02 Å². The fraction of sp³-hybridized carbons (Fsp3) is 0.235. The second-order valence-corrected chi connectivity index (χ2v) is 5.72. The number of anilines is 2. The Bertz CT molecular complexity index is 671. The van der Waals surface area contributed by atoms with Gasteiger partial charge < -0.3 is 10.2 Å². The highest BCUT2D eigenvalue weighted by atomic mass is 35.5. The maximum Gasteiger partial charge on any atom is 0.231 e. The van der Waals surface area contributed by atoms with Crippen molar-refractivity contribution in [2.24, 2.45) is 5.92 Å². The molecule has 0 aromatic heterocycles. The highest BCUT2D eigenvalue weighted by Gasteiger charge is 2.27. The van der Waals surface area contributed by atoms with Crippen LogP contribution in [0.5, 0.6) is 0 Å². The number of rotatable bonds is 2. The molecule has 0 saturated carbocycles. The summed E-state index contributed by atoms with van der Waals surface area (Å²) in [7, 11) is 0. The van der Waals surface area contributed by atoms with E-state index < -0.39 is 0 Å². The average molecular weight is 301 g/mol. The minimum absolute atomic E-state index is 0.0695. The predicted molar refractivity (Wildman–Crippen MR) is 86.7 cm³/mol. The minimum Gasteiger partial charge on any atom is -0.383 e. The van der Waals surface area contributed by atoms with Crippen LogP contribution >= 0.6 is 11.6 Å². The Morgan fingerprint density at radius 3 is 2.71 bits per heavy atom. The van der Waals surface area contributed by atoms with Gasteiger partial charge in [0.2, 0.25) is 5.91 Å². The lowest BCUT2D eigenvalue weighted by molar-refractivity contribution is -0.121. The summed E-state index contributed by atoms with van der Waals surface area (Å²) < 4.78 is 0. The number of para-hydroxylation sites is 2. The van der Waals surface area contributed by atoms with E-state index in [1.807, 2.05) is 60.4 Å². The van der Waals surface area contributed by atoms with Crippen LogP contribution in [-0.2, 0) is 11.3 Å². The SMILES string of the molecule is C[C@H]1CNc2ccccc2N(Cc2ccccc2Cl)C1=O. The summed E-state index contributed by atoms with van der Waals surface area (Å²) in [6, 6.07) is 15.5. The Hall–Kier alpha value is -2.00. The van der Waals surface area contributed by atoms with Gasteiger partial charge in [0.15, 0.2) is 0 Å². The first-order chi connectivity index (χ1) is 10.2. The zero-order chi connectivity index (χ0) is 14.8. The van der Waals surface area contributed by atoms with E-state index in [-0.39, 0.29) is 11.8 Å². The minimum atomic E-state index is -0.0695. The van der Waals surface area contributed by atoms with E-state index in [2.05, 4.69) is 5.32 Å². The molecule has 1 atom stereocenters. The quantitative estimate of drug-likeness (QED) is 0.911. The molecule has 108 valence electrons. The Labute approximate surface area is 129 Å². The monoisotopic (exact) mass is 300 g/mol. The van der Waals surface area contributed by atoms with Gasteiger partial charge in [-0.3, -0.25) is 4.79 Å². The fourth-order valence-electron chi connectivity index (χ4n) is 2.55. The van der Waals surface area contributed by atoms with E-state index in [1.165, 1.54) is 0 Å². The number of halogens is 1. The topological polar surface area (TPSA) is 32.3 Å². The van der Waals surface area contributed by atoms with E-state index >= 15 is 0 Å². The van der Waals surface area contributed by atoms with E-state index in [0.29, 0.717) is 18.1 Å². The summed E-state index contributed by atoms with van der Waals surface area (Å²) in [5, 5.41) is 4.03. The Kier molecular flexibility index (Phi) is 3.84. The highest BCUT2D eigenvalue weighted by Crippen LogP contribution is 2.32. The first-order valence-electron chi connectivity index (χ1n) is 7.04. The number of carbonyl (C=O) groups is 1. The lowest BCUT2D eigenvalue weighted by Crippen LogP contribution is -2.35. The van der Waals surface area contributed by atoms with Crippen molar-refractivity contribution in [1.82, 2.24) is 0 Å². The number of fused-ring (bicyclic) bond motifs is 1. The van der Waals surface area contributed by atoms with Gasteiger partial charge in [-0.05, 0) is 23.8 Å². The van der Waals surface area contributed by atoms with Crippen LogP contribution in [0.15, 0.2) is 48.5 Å². The molecule has 1 heterocycles. The predicted octanol–water partition coefficient (Wildman–Crippen LogP) is 3.93. The smallest absolute Gasteiger partial charge is 0.231 e. The molecule has 4 heteroatoms. The van der Waals surface area contributed by atoms with E-state index in [9.17, 15) is 4.79 Å². The van der Waals surface area contributed by atoms with Gasteiger partial charge in [-0.25, -0.2) is 0 Å². The van der Waals surface area contributed by atoms with Crippen molar-refractivity contribution in [3.05, 3.63) is 59.1 Å². The standard InChI is InChI=1S/C17H17ClN2O/c1-12-10-19-15-8-4-5-9-16(15)20(17(12)21)11-13-6-2-3-7-14(13)18/h2-9,12,19H,10-11H2,1H3/t12-/m0/s1. The number of amides is 1. The molecule has 3 rings (SSSR count). The molecule has 0 aliphatic carbocycles. The van der Waals surface area contributed by atoms with Gasteiger partial charge in [0.05, 0.1) is 23.8 Å². The van der Waals surface area contributed by atoms with Gasteiger partial charge in [0, 0.05) is 11.6 Å². The van der Waals surface area contributed by atoms with E-state index in [0.717, 1.165) is 16.9 Å². The molecule has 21 heavy (non-hydrogen) atoms.